The van der Waals surface area contributed by atoms with Crippen LogP contribution < -0.4 is 10.6 Å². The topological polar surface area (TPSA) is 79.5 Å². The fourth-order valence-electron chi connectivity index (χ4n) is 3.39. The number of oxazole rings is 1. The SMILES string of the molecule is O=C1Nc2ccccc2C(c2ccccc2)=NC1Nc1ncc(-c2ccc(Br)cc2)o1. The van der Waals surface area contributed by atoms with E-state index < -0.39 is 6.17 Å². The van der Waals surface area contributed by atoms with Crippen molar-refractivity contribution in [3.8, 4) is 11.3 Å². The Kier molecular flexibility index (Phi) is 5.09. The molecule has 0 saturated carbocycles. The van der Waals surface area contributed by atoms with Crippen LogP contribution in [0.5, 0.6) is 0 Å². The van der Waals surface area contributed by atoms with E-state index in [1.165, 1.54) is 0 Å². The Morgan fingerprint density at radius 2 is 1.65 bits per heavy atom. The fourth-order valence-corrected chi connectivity index (χ4v) is 3.65. The van der Waals surface area contributed by atoms with Gasteiger partial charge in [-0.2, -0.15) is 0 Å². The summed E-state index contributed by atoms with van der Waals surface area (Å²) < 4.78 is 6.81. The molecule has 0 radical (unpaired) electrons. The number of fused-ring (bicyclic) bond motifs is 1. The minimum Gasteiger partial charge on any atom is -0.424 e. The van der Waals surface area contributed by atoms with E-state index in [1.807, 2.05) is 78.9 Å². The van der Waals surface area contributed by atoms with Crippen LogP contribution in [-0.4, -0.2) is 22.8 Å². The quantitative estimate of drug-likeness (QED) is 0.420. The smallest absolute Gasteiger partial charge is 0.297 e. The van der Waals surface area contributed by atoms with Crippen molar-refractivity contribution >= 4 is 39.3 Å². The van der Waals surface area contributed by atoms with Gasteiger partial charge in [-0.05, 0) is 18.2 Å². The van der Waals surface area contributed by atoms with E-state index in [0.717, 1.165) is 21.2 Å². The standard InChI is InChI=1S/C24H17BrN4O2/c25-17-12-10-15(11-13-17)20-14-26-24(31-20)29-22-23(30)27-19-9-5-4-8-18(19)21(28-22)16-6-2-1-3-7-16/h1-14,22H,(H,26,29)(H,27,30). The van der Waals surface area contributed by atoms with Gasteiger partial charge in [-0.15, -0.1) is 0 Å². The molecule has 2 heterocycles. The molecule has 5 rings (SSSR count). The zero-order valence-corrected chi connectivity index (χ0v) is 17.8. The number of anilines is 2. The summed E-state index contributed by atoms with van der Waals surface area (Å²) >= 11 is 3.42. The number of nitrogens with zero attached hydrogens (tertiary/aromatic N) is 2. The number of para-hydroxylation sites is 1. The van der Waals surface area contributed by atoms with Crippen molar-refractivity contribution in [2.24, 2.45) is 4.99 Å². The maximum Gasteiger partial charge on any atom is 0.297 e. The highest BCUT2D eigenvalue weighted by Gasteiger charge is 2.26. The molecule has 31 heavy (non-hydrogen) atoms. The average Bonchev–Trinajstić information content (AvgIpc) is 3.21. The van der Waals surface area contributed by atoms with Crippen molar-refractivity contribution in [3.05, 3.63) is 101 Å². The first kappa shape index (κ1) is 19.3. The van der Waals surface area contributed by atoms with Gasteiger partial charge in [-0.25, -0.2) is 9.98 Å². The van der Waals surface area contributed by atoms with Gasteiger partial charge in [-0.1, -0.05) is 76.6 Å². The number of halogens is 1. The second kappa shape index (κ2) is 8.20. The summed E-state index contributed by atoms with van der Waals surface area (Å²) in [4.78, 5) is 21.9. The molecule has 4 aromatic rings. The highest BCUT2D eigenvalue weighted by Crippen LogP contribution is 2.27. The monoisotopic (exact) mass is 472 g/mol. The summed E-state index contributed by atoms with van der Waals surface area (Å²) in [5.74, 6) is 0.307. The van der Waals surface area contributed by atoms with Crippen LogP contribution in [0.2, 0.25) is 0 Å². The van der Waals surface area contributed by atoms with Gasteiger partial charge in [-0.3, -0.25) is 4.79 Å². The molecule has 1 amide bonds. The Morgan fingerprint density at radius 1 is 0.903 bits per heavy atom. The number of carbonyl (C=O) groups is 1. The Labute approximate surface area is 187 Å². The van der Waals surface area contributed by atoms with Gasteiger partial charge in [0.05, 0.1) is 17.6 Å². The molecule has 1 aliphatic rings. The van der Waals surface area contributed by atoms with Gasteiger partial charge >= 0.3 is 0 Å². The zero-order valence-electron chi connectivity index (χ0n) is 16.2. The molecule has 0 bridgehead atoms. The second-order valence-corrected chi connectivity index (χ2v) is 7.88. The lowest BCUT2D eigenvalue weighted by Gasteiger charge is -2.11. The van der Waals surface area contributed by atoms with E-state index in [1.54, 1.807) is 6.20 Å². The summed E-state index contributed by atoms with van der Waals surface area (Å²) in [6.45, 7) is 0. The summed E-state index contributed by atoms with van der Waals surface area (Å²) in [5, 5.41) is 5.97. The summed E-state index contributed by atoms with van der Waals surface area (Å²) in [6.07, 6.45) is 0.718. The first-order chi connectivity index (χ1) is 15.2. The Bertz CT molecular complexity index is 1270. The number of hydrogen-bond donors (Lipinski definition) is 2. The molecule has 152 valence electrons. The van der Waals surface area contributed by atoms with Crippen LogP contribution in [0.4, 0.5) is 11.7 Å². The largest absolute Gasteiger partial charge is 0.424 e. The molecule has 2 N–H and O–H groups in total. The van der Waals surface area contributed by atoms with E-state index in [2.05, 4.69) is 31.5 Å². The third-order valence-electron chi connectivity index (χ3n) is 4.89. The molecule has 0 fully saturated rings. The van der Waals surface area contributed by atoms with E-state index in [0.29, 0.717) is 17.2 Å². The Hall–Kier alpha value is -3.71. The predicted octanol–water partition coefficient (Wildman–Crippen LogP) is 5.33. The highest BCUT2D eigenvalue weighted by atomic mass is 79.9. The molecule has 3 aromatic carbocycles. The van der Waals surface area contributed by atoms with Crippen molar-refractivity contribution in [2.75, 3.05) is 10.6 Å². The maximum absolute atomic E-state index is 12.9. The van der Waals surface area contributed by atoms with E-state index in [9.17, 15) is 4.79 Å². The first-order valence-electron chi connectivity index (χ1n) is 9.69. The van der Waals surface area contributed by atoms with Gasteiger partial charge < -0.3 is 15.1 Å². The number of nitrogens with one attached hydrogen (secondary N) is 2. The second-order valence-electron chi connectivity index (χ2n) is 6.96. The van der Waals surface area contributed by atoms with Crippen LogP contribution in [0.1, 0.15) is 11.1 Å². The minimum atomic E-state index is -0.904. The molecule has 1 unspecified atom stereocenters. The molecule has 0 aliphatic carbocycles. The lowest BCUT2D eigenvalue weighted by Crippen LogP contribution is -2.32. The molecule has 6 nitrogen and oxygen atoms in total. The van der Waals surface area contributed by atoms with Crippen molar-refractivity contribution in [3.63, 3.8) is 0 Å². The molecule has 1 aromatic heterocycles. The van der Waals surface area contributed by atoms with Gasteiger partial charge in [0.2, 0.25) is 6.17 Å². The third-order valence-corrected chi connectivity index (χ3v) is 5.42. The number of hydrogen-bond acceptors (Lipinski definition) is 5. The number of carbonyl (C=O) groups excluding carboxylic acids is 1. The van der Waals surface area contributed by atoms with Crippen molar-refractivity contribution in [1.82, 2.24) is 4.98 Å². The maximum atomic E-state index is 12.9. The molecule has 0 spiro atoms. The van der Waals surface area contributed by atoms with E-state index in [-0.39, 0.29) is 11.9 Å². The first-order valence-corrected chi connectivity index (χ1v) is 10.5. The third kappa shape index (κ3) is 4.00. The van der Waals surface area contributed by atoms with Gasteiger partial charge in [0.1, 0.15) is 0 Å². The normalized spacial score (nSPS) is 15.5. The van der Waals surface area contributed by atoms with Gasteiger partial charge in [0, 0.05) is 21.2 Å². The molecular formula is C24H17BrN4O2. The Morgan fingerprint density at radius 3 is 2.45 bits per heavy atom. The molecular weight excluding hydrogens is 456 g/mol. The molecule has 1 aliphatic heterocycles. The lowest BCUT2D eigenvalue weighted by atomic mass is 10.0. The predicted molar refractivity (Wildman–Crippen MR) is 124 cm³/mol. The number of aliphatic imine (C=N–C) groups is 1. The van der Waals surface area contributed by atoms with Crippen LogP contribution >= 0.6 is 15.9 Å². The minimum absolute atomic E-state index is 0.222. The average molecular weight is 473 g/mol. The number of rotatable bonds is 4. The van der Waals surface area contributed by atoms with Crippen LogP contribution in [0.15, 0.2) is 98.9 Å². The summed E-state index contributed by atoms with van der Waals surface area (Å²) in [7, 11) is 0. The molecule has 1 atom stereocenters. The van der Waals surface area contributed by atoms with Crippen LogP contribution in [0.25, 0.3) is 11.3 Å². The van der Waals surface area contributed by atoms with Crippen molar-refractivity contribution in [2.45, 2.75) is 6.17 Å². The Balaban J connectivity index is 1.49. The molecule has 0 saturated heterocycles. The zero-order chi connectivity index (χ0) is 21.2. The van der Waals surface area contributed by atoms with Gasteiger partial charge in [0.15, 0.2) is 5.76 Å². The van der Waals surface area contributed by atoms with Crippen molar-refractivity contribution in [1.29, 1.82) is 0 Å². The van der Waals surface area contributed by atoms with Crippen LogP contribution in [0, 0.1) is 0 Å². The van der Waals surface area contributed by atoms with Crippen LogP contribution in [0.3, 0.4) is 0 Å². The number of benzene rings is 3. The highest BCUT2D eigenvalue weighted by molar-refractivity contribution is 9.10. The fraction of sp³-hybridized carbons (Fsp3) is 0.0417. The number of benzodiazepines with no additional fused rings is 1. The number of amides is 1. The number of aromatic nitrogens is 1. The molecule has 7 heteroatoms. The van der Waals surface area contributed by atoms with Gasteiger partial charge in [0.25, 0.3) is 11.9 Å². The van der Waals surface area contributed by atoms with E-state index >= 15 is 0 Å². The summed E-state index contributed by atoms with van der Waals surface area (Å²) in [6, 6.07) is 25.3. The van der Waals surface area contributed by atoms with E-state index in [4.69, 9.17) is 9.41 Å². The summed E-state index contributed by atoms with van der Waals surface area (Å²) in [5.41, 5.74) is 4.08. The van der Waals surface area contributed by atoms with Crippen LogP contribution in [-0.2, 0) is 4.79 Å². The van der Waals surface area contributed by atoms with Crippen molar-refractivity contribution < 1.29 is 9.21 Å². The lowest BCUT2D eigenvalue weighted by molar-refractivity contribution is -0.116.